The summed E-state index contributed by atoms with van der Waals surface area (Å²) < 4.78 is 0.831. The van der Waals surface area contributed by atoms with Crippen molar-refractivity contribution in [2.45, 2.75) is 27.7 Å². The predicted molar refractivity (Wildman–Crippen MR) is 74.1 cm³/mol. The minimum atomic E-state index is 0.784. The molecule has 0 saturated carbocycles. The van der Waals surface area contributed by atoms with Gasteiger partial charge in [-0.1, -0.05) is 6.07 Å². The quantitative estimate of drug-likeness (QED) is 0.738. The third-order valence-corrected chi connectivity index (χ3v) is 3.33. The maximum atomic E-state index is 4.49. The van der Waals surface area contributed by atoms with E-state index in [-0.39, 0.29) is 0 Å². The van der Waals surface area contributed by atoms with Crippen LogP contribution in [0.4, 0.5) is 0 Å². The van der Waals surface area contributed by atoms with Gasteiger partial charge >= 0.3 is 0 Å². The molecule has 0 radical (unpaired) electrons. The zero-order valence-electron chi connectivity index (χ0n) is 10.5. The van der Waals surface area contributed by atoms with E-state index in [1.54, 1.807) is 0 Å². The number of hydrogen-bond donors (Lipinski definition) is 0. The summed E-state index contributed by atoms with van der Waals surface area (Å²) in [5.74, 6) is 0.784. The van der Waals surface area contributed by atoms with Crippen LogP contribution in [0.15, 0.2) is 22.8 Å². The summed E-state index contributed by atoms with van der Waals surface area (Å²) in [4.78, 5) is 8.73. The number of benzene rings is 1. The van der Waals surface area contributed by atoms with E-state index in [2.05, 4.69) is 58.8 Å². The Morgan fingerprint density at radius 2 is 1.47 bits per heavy atom. The SMILES string of the molecule is Cc1nc(Br)cc(-c2cc(C)c(C)cc2C)n1. The summed E-state index contributed by atoms with van der Waals surface area (Å²) >= 11 is 3.42. The molecular formula is C14H15BrN2. The lowest BCUT2D eigenvalue weighted by Gasteiger charge is -2.10. The molecule has 0 aliphatic carbocycles. The molecule has 0 spiro atoms. The fraction of sp³-hybridized carbons (Fsp3) is 0.286. The molecule has 0 saturated heterocycles. The maximum Gasteiger partial charge on any atom is 0.127 e. The van der Waals surface area contributed by atoms with Gasteiger partial charge in [0.05, 0.1) is 5.69 Å². The first-order valence-corrected chi connectivity index (χ1v) is 6.36. The van der Waals surface area contributed by atoms with Gasteiger partial charge in [-0.25, -0.2) is 9.97 Å². The molecule has 0 atom stereocenters. The van der Waals surface area contributed by atoms with Gasteiger partial charge < -0.3 is 0 Å². The Balaban J connectivity index is 2.64. The summed E-state index contributed by atoms with van der Waals surface area (Å²) in [5.41, 5.74) is 6.01. The highest BCUT2D eigenvalue weighted by Gasteiger charge is 2.07. The molecule has 3 heteroatoms. The lowest BCUT2D eigenvalue weighted by Crippen LogP contribution is -1.95. The summed E-state index contributed by atoms with van der Waals surface area (Å²) in [7, 11) is 0. The molecule has 0 bridgehead atoms. The third-order valence-electron chi connectivity index (χ3n) is 2.92. The fourth-order valence-corrected chi connectivity index (χ4v) is 2.38. The Morgan fingerprint density at radius 1 is 0.824 bits per heavy atom. The Hall–Kier alpha value is -1.22. The van der Waals surface area contributed by atoms with E-state index < -0.39 is 0 Å². The first-order chi connectivity index (χ1) is 7.97. The average Bonchev–Trinajstić information content (AvgIpc) is 2.22. The fourth-order valence-electron chi connectivity index (χ4n) is 1.91. The van der Waals surface area contributed by atoms with E-state index in [0.717, 1.165) is 16.1 Å². The van der Waals surface area contributed by atoms with Crippen LogP contribution in [0.5, 0.6) is 0 Å². The predicted octanol–water partition coefficient (Wildman–Crippen LogP) is 4.14. The molecule has 0 aliphatic rings. The Morgan fingerprint density at radius 3 is 2.12 bits per heavy atom. The highest BCUT2D eigenvalue weighted by atomic mass is 79.9. The summed E-state index contributed by atoms with van der Waals surface area (Å²) in [5, 5.41) is 0. The van der Waals surface area contributed by atoms with Gasteiger partial charge in [-0.2, -0.15) is 0 Å². The number of hydrogen-bond acceptors (Lipinski definition) is 2. The largest absolute Gasteiger partial charge is 0.233 e. The normalized spacial score (nSPS) is 10.6. The number of aromatic nitrogens is 2. The first-order valence-electron chi connectivity index (χ1n) is 5.57. The van der Waals surface area contributed by atoms with Crippen LogP contribution >= 0.6 is 15.9 Å². The standard InChI is InChI=1S/C14H15BrN2/c1-8-5-10(3)12(6-9(8)2)13-7-14(15)17-11(4)16-13/h5-7H,1-4H3. The van der Waals surface area contributed by atoms with Crippen molar-refractivity contribution in [2.75, 3.05) is 0 Å². The second-order valence-corrected chi connectivity index (χ2v) is 5.19. The van der Waals surface area contributed by atoms with Crippen molar-refractivity contribution in [3.8, 4) is 11.3 Å². The molecule has 88 valence electrons. The van der Waals surface area contributed by atoms with Crippen molar-refractivity contribution in [2.24, 2.45) is 0 Å². The smallest absolute Gasteiger partial charge is 0.127 e. The van der Waals surface area contributed by atoms with Gasteiger partial charge in [0.1, 0.15) is 10.4 Å². The van der Waals surface area contributed by atoms with Crippen molar-refractivity contribution in [1.29, 1.82) is 0 Å². The van der Waals surface area contributed by atoms with Crippen LogP contribution in [0.25, 0.3) is 11.3 Å². The van der Waals surface area contributed by atoms with E-state index in [1.165, 1.54) is 22.3 Å². The summed E-state index contributed by atoms with van der Waals surface area (Å²) in [6.07, 6.45) is 0. The minimum absolute atomic E-state index is 0.784. The van der Waals surface area contributed by atoms with Crippen LogP contribution < -0.4 is 0 Å². The molecule has 0 aliphatic heterocycles. The molecule has 1 aromatic heterocycles. The average molecular weight is 291 g/mol. The molecule has 2 rings (SSSR count). The molecule has 0 amide bonds. The third kappa shape index (κ3) is 2.55. The number of nitrogens with zero attached hydrogens (tertiary/aromatic N) is 2. The van der Waals surface area contributed by atoms with Gasteiger partial charge in [0.2, 0.25) is 0 Å². The van der Waals surface area contributed by atoms with E-state index in [0.29, 0.717) is 0 Å². The van der Waals surface area contributed by atoms with Crippen molar-refractivity contribution in [3.05, 3.63) is 45.3 Å². The maximum absolute atomic E-state index is 4.49. The van der Waals surface area contributed by atoms with Crippen molar-refractivity contribution in [3.63, 3.8) is 0 Å². The van der Waals surface area contributed by atoms with Gasteiger partial charge in [0.15, 0.2) is 0 Å². The molecular weight excluding hydrogens is 276 g/mol. The molecule has 2 nitrogen and oxygen atoms in total. The molecule has 0 N–H and O–H groups in total. The molecule has 1 heterocycles. The van der Waals surface area contributed by atoms with Crippen molar-refractivity contribution >= 4 is 15.9 Å². The number of rotatable bonds is 1. The Labute approximate surface area is 110 Å². The second-order valence-electron chi connectivity index (χ2n) is 4.37. The van der Waals surface area contributed by atoms with Crippen LogP contribution in [0, 0.1) is 27.7 Å². The molecule has 0 fully saturated rings. The molecule has 1 aromatic carbocycles. The highest BCUT2D eigenvalue weighted by Crippen LogP contribution is 2.26. The van der Waals surface area contributed by atoms with Crippen LogP contribution in [0.2, 0.25) is 0 Å². The number of aryl methyl sites for hydroxylation is 4. The lowest BCUT2D eigenvalue weighted by atomic mass is 9.99. The van der Waals surface area contributed by atoms with Gasteiger partial charge in [-0.3, -0.25) is 0 Å². The summed E-state index contributed by atoms with van der Waals surface area (Å²) in [6.45, 7) is 8.28. The summed E-state index contributed by atoms with van der Waals surface area (Å²) in [6, 6.07) is 6.36. The van der Waals surface area contributed by atoms with Gasteiger partial charge in [-0.15, -0.1) is 0 Å². The van der Waals surface area contributed by atoms with Crippen LogP contribution in [-0.4, -0.2) is 9.97 Å². The van der Waals surface area contributed by atoms with E-state index in [9.17, 15) is 0 Å². The Bertz CT molecular complexity index is 556. The van der Waals surface area contributed by atoms with Crippen molar-refractivity contribution in [1.82, 2.24) is 9.97 Å². The lowest BCUT2D eigenvalue weighted by molar-refractivity contribution is 1.04. The Kier molecular flexibility index (Phi) is 3.29. The molecule has 0 unspecified atom stereocenters. The van der Waals surface area contributed by atoms with Gasteiger partial charge in [-0.05, 0) is 72.4 Å². The first kappa shape index (κ1) is 12.2. The zero-order valence-corrected chi connectivity index (χ0v) is 12.1. The van der Waals surface area contributed by atoms with Crippen molar-refractivity contribution < 1.29 is 0 Å². The van der Waals surface area contributed by atoms with Gasteiger partial charge in [0.25, 0.3) is 0 Å². The molecule has 2 aromatic rings. The van der Waals surface area contributed by atoms with E-state index in [4.69, 9.17) is 0 Å². The van der Waals surface area contributed by atoms with E-state index in [1.807, 2.05) is 13.0 Å². The zero-order chi connectivity index (χ0) is 12.6. The monoisotopic (exact) mass is 290 g/mol. The van der Waals surface area contributed by atoms with Crippen LogP contribution in [0.3, 0.4) is 0 Å². The minimum Gasteiger partial charge on any atom is -0.233 e. The second kappa shape index (κ2) is 4.57. The van der Waals surface area contributed by atoms with Crippen LogP contribution in [-0.2, 0) is 0 Å². The van der Waals surface area contributed by atoms with Crippen LogP contribution in [0.1, 0.15) is 22.5 Å². The molecule has 17 heavy (non-hydrogen) atoms. The number of halogens is 1. The van der Waals surface area contributed by atoms with Gasteiger partial charge in [0, 0.05) is 5.56 Å². The topological polar surface area (TPSA) is 25.8 Å². The highest BCUT2D eigenvalue weighted by molar-refractivity contribution is 9.10. The van der Waals surface area contributed by atoms with E-state index >= 15 is 0 Å².